The molecule has 168 valence electrons. The van der Waals surface area contributed by atoms with Crippen LogP contribution in [-0.4, -0.2) is 71.9 Å². The van der Waals surface area contributed by atoms with Crippen molar-refractivity contribution in [1.82, 2.24) is 20.1 Å². The molecule has 0 saturated heterocycles. The van der Waals surface area contributed by atoms with Crippen molar-refractivity contribution in [2.24, 2.45) is 0 Å². The van der Waals surface area contributed by atoms with E-state index in [0.29, 0.717) is 6.42 Å². The molecule has 2 heterocycles. The van der Waals surface area contributed by atoms with Gasteiger partial charge in [-0.3, -0.25) is 4.90 Å². The Hall–Kier alpha value is -2.69. The Bertz CT molecular complexity index is 1010. The molecule has 0 spiro atoms. The van der Waals surface area contributed by atoms with Crippen molar-refractivity contribution in [3.8, 4) is 0 Å². The first kappa shape index (κ1) is 21.5. The molecule has 2 unspecified atom stereocenters. The first-order chi connectivity index (χ1) is 14.4. The summed E-state index contributed by atoms with van der Waals surface area (Å²) in [6.45, 7) is -3.69. The quantitative estimate of drug-likeness (QED) is 0.703. The van der Waals surface area contributed by atoms with Gasteiger partial charge in [0.1, 0.15) is 13.1 Å². The molecule has 1 aromatic heterocycles. The average Bonchev–Trinajstić information content (AvgIpc) is 3.04. The van der Waals surface area contributed by atoms with Gasteiger partial charge in [0.15, 0.2) is 0 Å². The molecule has 4 rings (SSSR count). The van der Waals surface area contributed by atoms with E-state index in [-0.39, 0.29) is 17.5 Å². The molecule has 5 nitrogen and oxygen atoms in total. The molecule has 1 aromatic carbocycles. The van der Waals surface area contributed by atoms with Crippen molar-refractivity contribution < 1.29 is 31.1 Å². The van der Waals surface area contributed by atoms with E-state index < -0.39 is 37.5 Å². The predicted octanol–water partition coefficient (Wildman–Crippen LogP) is 3.93. The van der Waals surface area contributed by atoms with E-state index in [1.165, 1.54) is 0 Å². The number of likely N-dealkylation sites (N-methyl/N-ethyl adjacent to an activating group) is 1. The highest BCUT2D eigenvalue weighted by molar-refractivity contribution is 5.98. The normalized spacial score (nSPS) is 21.6. The fourth-order valence-corrected chi connectivity index (χ4v) is 4.43. The smallest absolute Gasteiger partial charge is 0.361 e. The second kappa shape index (κ2) is 7.47. The fourth-order valence-electron chi connectivity index (χ4n) is 4.43. The number of amides is 2. The standard InChI is InChI=1S/C20H20F6N4O/c1-29-8-12(28-18(31)30(9-19(21,22)23)10-20(24,25)26)6-14-13-3-2-4-15-17(13)11(7-27-15)5-16(14)29/h2-4,6-7,12,16,27H,5,8-10H2,1H3,(H,28,31). The van der Waals surface area contributed by atoms with Crippen LogP contribution in [0.3, 0.4) is 0 Å². The van der Waals surface area contributed by atoms with E-state index in [1.807, 2.05) is 36.3 Å². The predicted molar refractivity (Wildman–Crippen MR) is 102 cm³/mol. The summed E-state index contributed by atoms with van der Waals surface area (Å²) >= 11 is 0. The van der Waals surface area contributed by atoms with Crippen LogP contribution in [0, 0.1) is 0 Å². The van der Waals surface area contributed by atoms with Gasteiger partial charge < -0.3 is 15.2 Å². The lowest BCUT2D eigenvalue weighted by Crippen LogP contribution is -2.55. The Morgan fingerprint density at radius 2 is 1.87 bits per heavy atom. The Labute approximate surface area is 173 Å². The van der Waals surface area contributed by atoms with Crippen LogP contribution < -0.4 is 5.32 Å². The monoisotopic (exact) mass is 446 g/mol. The SMILES string of the molecule is CN1CC(NC(=O)N(CC(F)(F)F)CC(F)(F)F)C=C2c3cccc4[nH]cc(c34)CC21. The highest BCUT2D eigenvalue weighted by Crippen LogP contribution is 2.39. The van der Waals surface area contributed by atoms with Gasteiger partial charge in [-0.25, -0.2) is 4.79 Å². The number of fused-ring (bicyclic) bond motifs is 2. The van der Waals surface area contributed by atoms with Crippen molar-refractivity contribution in [3.63, 3.8) is 0 Å². The summed E-state index contributed by atoms with van der Waals surface area (Å²) in [5.41, 5.74) is 3.93. The number of halogens is 6. The van der Waals surface area contributed by atoms with Gasteiger partial charge in [-0.1, -0.05) is 18.2 Å². The van der Waals surface area contributed by atoms with Gasteiger partial charge in [-0.15, -0.1) is 0 Å². The van der Waals surface area contributed by atoms with Gasteiger partial charge in [0, 0.05) is 29.7 Å². The van der Waals surface area contributed by atoms with Gasteiger partial charge in [-0.05, 0) is 36.2 Å². The molecule has 2 atom stereocenters. The van der Waals surface area contributed by atoms with Crippen LogP contribution in [0.15, 0.2) is 30.5 Å². The summed E-state index contributed by atoms with van der Waals surface area (Å²) in [7, 11) is 1.82. The number of aromatic nitrogens is 1. The number of rotatable bonds is 3. The lowest BCUT2D eigenvalue weighted by Gasteiger charge is -2.40. The van der Waals surface area contributed by atoms with E-state index in [4.69, 9.17) is 0 Å². The van der Waals surface area contributed by atoms with E-state index >= 15 is 0 Å². The van der Waals surface area contributed by atoms with Crippen LogP contribution in [0.2, 0.25) is 0 Å². The van der Waals surface area contributed by atoms with Crippen LogP contribution >= 0.6 is 0 Å². The zero-order valence-corrected chi connectivity index (χ0v) is 16.4. The molecule has 0 bridgehead atoms. The first-order valence-electron chi connectivity index (χ1n) is 9.61. The number of hydrogen-bond donors (Lipinski definition) is 2. The molecule has 0 saturated carbocycles. The summed E-state index contributed by atoms with van der Waals surface area (Å²) in [4.78, 5) is 17.3. The number of alkyl halides is 6. The zero-order valence-electron chi connectivity index (χ0n) is 16.4. The second-order valence-corrected chi connectivity index (χ2v) is 7.97. The third-order valence-electron chi connectivity index (χ3n) is 5.60. The minimum Gasteiger partial charge on any atom is -0.361 e. The van der Waals surface area contributed by atoms with Crippen molar-refractivity contribution >= 4 is 22.5 Å². The maximum Gasteiger partial charge on any atom is 0.406 e. The summed E-state index contributed by atoms with van der Waals surface area (Å²) in [5, 5.41) is 3.38. The molecule has 2 aliphatic rings. The van der Waals surface area contributed by atoms with E-state index in [2.05, 4.69) is 10.3 Å². The van der Waals surface area contributed by atoms with E-state index in [1.54, 1.807) is 6.08 Å². The minimum atomic E-state index is -4.95. The van der Waals surface area contributed by atoms with Crippen LogP contribution in [0.5, 0.6) is 0 Å². The molecule has 11 heteroatoms. The molecule has 2 aromatic rings. The lowest BCUT2D eigenvalue weighted by molar-refractivity contribution is -0.171. The number of H-pyrrole nitrogens is 1. The van der Waals surface area contributed by atoms with E-state index in [9.17, 15) is 31.1 Å². The average molecular weight is 446 g/mol. The summed E-state index contributed by atoms with van der Waals surface area (Å²) in [6.07, 6.45) is -5.49. The molecule has 1 aliphatic carbocycles. The third-order valence-corrected chi connectivity index (χ3v) is 5.60. The number of carbonyl (C=O) groups is 1. The third kappa shape index (κ3) is 4.51. The zero-order chi connectivity index (χ0) is 22.6. The Morgan fingerprint density at radius 3 is 2.52 bits per heavy atom. The highest BCUT2D eigenvalue weighted by Gasteiger charge is 2.41. The number of nitrogens with zero attached hydrogens (tertiary/aromatic N) is 2. The maximum absolute atomic E-state index is 12.7. The van der Waals surface area contributed by atoms with Crippen LogP contribution in [0.4, 0.5) is 31.1 Å². The number of aromatic amines is 1. The molecular weight excluding hydrogens is 426 g/mol. The first-order valence-corrected chi connectivity index (χ1v) is 9.61. The molecule has 2 amide bonds. The van der Waals surface area contributed by atoms with Gasteiger partial charge in [-0.2, -0.15) is 26.3 Å². The Morgan fingerprint density at radius 1 is 1.19 bits per heavy atom. The molecule has 31 heavy (non-hydrogen) atoms. The highest BCUT2D eigenvalue weighted by atomic mass is 19.4. The fraction of sp³-hybridized carbons (Fsp3) is 0.450. The minimum absolute atomic E-state index is 0.00325. The van der Waals surface area contributed by atoms with E-state index in [0.717, 1.165) is 27.6 Å². The number of nitrogens with one attached hydrogen (secondary N) is 2. The second-order valence-electron chi connectivity index (χ2n) is 7.97. The van der Waals surface area contributed by atoms with Crippen molar-refractivity contribution in [3.05, 3.63) is 41.6 Å². The topological polar surface area (TPSA) is 51.4 Å². The largest absolute Gasteiger partial charge is 0.406 e. The summed E-state index contributed by atoms with van der Waals surface area (Å²) in [5.74, 6) is 0. The molecule has 2 N–H and O–H groups in total. The Balaban J connectivity index is 1.60. The number of urea groups is 1. The van der Waals surface area contributed by atoms with Crippen molar-refractivity contribution in [2.45, 2.75) is 30.9 Å². The maximum atomic E-state index is 12.7. The summed E-state index contributed by atoms with van der Waals surface area (Å²) in [6, 6.07) is 3.60. The molecule has 0 fully saturated rings. The van der Waals surface area contributed by atoms with Crippen LogP contribution in [0.1, 0.15) is 11.1 Å². The number of benzene rings is 1. The van der Waals surface area contributed by atoms with Gasteiger partial charge in [0.05, 0.1) is 6.04 Å². The van der Waals surface area contributed by atoms with Gasteiger partial charge in [0.2, 0.25) is 0 Å². The molecule has 0 radical (unpaired) electrons. The van der Waals surface area contributed by atoms with Gasteiger partial charge in [0.25, 0.3) is 0 Å². The lowest BCUT2D eigenvalue weighted by atomic mass is 9.81. The van der Waals surface area contributed by atoms with Crippen LogP contribution in [-0.2, 0) is 6.42 Å². The summed E-state index contributed by atoms with van der Waals surface area (Å²) < 4.78 is 76.4. The van der Waals surface area contributed by atoms with Crippen LogP contribution in [0.25, 0.3) is 16.5 Å². The number of hydrogen-bond acceptors (Lipinski definition) is 2. The number of carbonyl (C=O) groups excluding carboxylic acids is 1. The van der Waals surface area contributed by atoms with Gasteiger partial charge >= 0.3 is 18.4 Å². The molecule has 1 aliphatic heterocycles. The van der Waals surface area contributed by atoms with Crippen molar-refractivity contribution in [2.75, 3.05) is 26.7 Å². The molecular formula is C20H20F6N4O. The van der Waals surface area contributed by atoms with Crippen molar-refractivity contribution in [1.29, 1.82) is 0 Å². The Kier molecular flexibility index (Phi) is 5.19.